The Labute approximate surface area is 216 Å². The lowest BCUT2D eigenvalue weighted by Gasteiger charge is -2.25. The number of H-pyrrole nitrogens is 1. The molecule has 0 aliphatic rings. The Morgan fingerprint density at radius 3 is 1.92 bits per heavy atom. The smallest absolute Gasteiger partial charge is 0.139 e. The van der Waals surface area contributed by atoms with Crippen molar-refractivity contribution in [3.8, 4) is 22.5 Å². The molecule has 6 aromatic rings. The SMILES string of the molecule is CN(F)c1ccccc1-c1ccccc1P(c1ccccc1)c1ccccc1-c1nc2ccccc2[nH]1. The van der Waals surface area contributed by atoms with Crippen molar-refractivity contribution in [1.29, 1.82) is 0 Å². The predicted molar refractivity (Wildman–Crippen MR) is 155 cm³/mol. The van der Waals surface area contributed by atoms with E-state index < -0.39 is 7.92 Å². The summed E-state index contributed by atoms with van der Waals surface area (Å²) in [4.78, 5) is 8.45. The summed E-state index contributed by atoms with van der Waals surface area (Å²) < 4.78 is 14.6. The van der Waals surface area contributed by atoms with E-state index in [2.05, 4.69) is 71.7 Å². The molecule has 1 aromatic heterocycles. The molecule has 0 aliphatic carbocycles. The van der Waals surface area contributed by atoms with E-state index in [4.69, 9.17) is 4.98 Å². The number of fused-ring (bicyclic) bond motifs is 1. The normalized spacial score (nSPS) is 11.9. The molecule has 0 bridgehead atoms. The van der Waals surface area contributed by atoms with Crippen LogP contribution in [0, 0.1) is 0 Å². The van der Waals surface area contributed by atoms with Gasteiger partial charge < -0.3 is 4.98 Å². The van der Waals surface area contributed by atoms with Crippen LogP contribution in [-0.4, -0.2) is 17.0 Å². The number of nitrogens with zero attached hydrogens (tertiary/aromatic N) is 2. The summed E-state index contributed by atoms with van der Waals surface area (Å²) in [6, 6.07) is 43.2. The standard InChI is InChI=1S/C32H25FN3P/c1-36(33)29-20-10-5-15-24(29)25-16-6-11-21-30(25)37(23-13-3-2-4-14-23)31-22-12-7-17-26(31)32-34-27-18-8-9-19-28(27)35-32/h2-22H,1H3,(H,34,35). The minimum Gasteiger partial charge on any atom is -0.338 e. The lowest BCUT2D eigenvalue weighted by atomic mass is 10.0. The van der Waals surface area contributed by atoms with Gasteiger partial charge in [-0.1, -0.05) is 109 Å². The van der Waals surface area contributed by atoms with E-state index in [9.17, 15) is 4.48 Å². The fraction of sp³-hybridized carbons (Fsp3) is 0.0312. The van der Waals surface area contributed by atoms with Crippen LogP contribution in [0.4, 0.5) is 10.2 Å². The summed E-state index contributed by atoms with van der Waals surface area (Å²) in [7, 11) is 0.446. The third-order valence-corrected chi connectivity index (χ3v) is 9.03. The van der Waals surface area contributed by atoms with E-state index in [0.29, 0.717) is 10.8 Å². The molecule has 6 rings (SSSR count). The Hall–Kier alpha value is -4.27. The zero-order valence-corrected chi connectivity index (χ0v) is 21.2. The van der Waals surface area contributed by atoms with Gasteiger partial charge in [0.15, 0.2) is 0 Å². The molecule has 1 atom stereocenters. The zero-order chi connectivity index (χ0) is 25.2. The minimum atomic E-state index is -0.997. The molecule has 180 valence electrons. The summed E-state index contributed by atoms with van der Waals surface area (Å²) in [5, 5.41) is 4.28. The van der Waals surface area contributed by atoms with E-state index >= 15 is 0 Å². The van der Waals surface area contributed by atoms with Gasteiger partial charge in [-0.25, -0.2) is 10.1 Å². The molecule has 3 nitrogen and oxygen atoms in total. The molecule has 1 unspecified atom stereocenters. The lowest BCUT2D eigenvalue weighted by molar-refractivity contribution is 0.476. The van der Waals surface area contributed by atoms with E-state index in [0.717, 1.165) is 33.5 Å². The summed E-state index contributed by atoms with van der Waals surface area (Å²) in [6.45, 7) is 0. The van der Waals surface area contributed by atoms with Crippen molar-refractivity contribution in [2.45, 2.75) is 0 Å². The van der Waals surface area contributed by atoms with Crippen molar-refractivity contribution in [3.05, 3.63) is 127 Å². The Morgan fingerprint density at radius 1 is 0.622 bits per heavy atom. The molecule has 0 amide bonds. The Kier molecular flexibility index (Phi) is 6.26. The van der Waals surface area contributed by atoms with Crippen LogP contribution in [0.2, 0.25) is 0 Å². The highest BCUT2D eigenvalue weighted by Crippen LogP contribution is 2.41. The van der Waals surface area contributed by atoms with Crippen molar-refractivity contribution in [2.75, 3.05) is 12.2 Å². The lowest BCUT2D eigenvalue weighted by Crippen LogP contribution is -2.24. The first kappa shape index (κ1) is 23.1. The van der Waals surface area contributed by atoms with Gasteiger partial charge in [-0.3, -0.25) is 0 Å². The van der Waals surface area contributed by atoms with Crippen molar-refractivity contribution < 1.29 is 4.48 Å². The van der Waals surface area contributed by atoms with E-state index in [1.807, 2.05) is 60.7 Å². The Balaban J connectivity index is 1.61. The monoisotopic (exact) mass is 501 g/mol. The second-order valence-corrected chi connectivity index (χ2v) is 11.0. The first-order valence-electron chi connectivity index (χ1n) is 12.2. The number of rotatable bonds is 6. The van der Waals surface area contributed by atoms with Crippen LogP contribution in [0.15, 0.2) is 127 Å². The highest BCUT2D eigenvalue weighted by molar-refractivity contribution is 7.80. The zero-order valence-electron chi connectivity index (χ0n) is 20.3. The number of aromatic amines is 1. The molecule has 5 heteroatoms. The number of halogens is 1. The molecular formula is C32H25FN3P. The number of para-hydroxylation sites is 3. The van der Waals surface area contributed by atoms with Gasteiger partial charge in [-0.2, -0.15) is 0 Å². The predicted octanol–water partition coefficient (Wildman–Crippen LogP) is 6.98. The summed E-state index contributed by atoms with van der Waals surface area (Å²) in [6.07, 6.45) is 0. The van der Waals surface area contributed by atoms with Gasteiger partial charge in [0.2, 0.25) is 0 Å². The van der Waals surface area contributed by atoms with Crippen LogP contribution in [0.25, 0.3) is 33.5 Å². The van der Waals surface area contributed by atoms with Gasteiger partial charge in [-0.05, 0) is 47.6 Å². The third-order valence-electron chi connectivity index (χ3n) is 6.47. The van der Waals surface area contributed by atoms with Crippen LogP contribution >= 0.6 is 7.92 Å². The third kappa shape index (κ3) is 4.41. The number of aromatic nitrogens is 2. The fourth-order valence-electron chi connectivity index (χ4n) is 4.80. The maximum Gasteiger partial charge on any atom is 0.139 e. The molecular weight excluding hydrogens is 476 g/mol. The maximum absolute atomic E-state index is 14.6. The van der Waals surface area contributed by atoms with Crippen LogP contribution < -0.4 is 21.0 Å². The number of anilines is 1. The summed E-state index contributed by atoms with van der Waals surface area (Å²) >= 11 is 0. The molecule has 0 spiro atoms. The van der Waals surface area contributed by atoms with Gasteiger partial charge in [0.1, 0.15) is 5.82 Å². The largest absolute Gasteiger partial charge is 0.338 e. The maximum atomic E-state index is 14.6. The number of nitrogens with one attached hydrogen (secondary N) is 1. The quantitative estimate of drug-likeness (QED) is 0.197. The number of benzene rings is 5. The van der Waals surface area contributed by atoms with Gasteiger partial charge in [0, 0.05) is 18.2 Å². The highest BCUT2D eigenvalue weighted by atomic mass is 31.1. The van der Waals surface area contributed by atoms with Crippen LogP contribution in [0.5, 0.6) is 0 Å². The molecule has 1 N–H and O–H groups in total. The molecule has 1 heterocycles. The minimum absolute atomic E-state index is 0.545. The first-order chi connectivity index (χ1) is 18.2. The number of hydrogen-bond acceptors (Lipinski definition) is 2. The summed E-state index contributed by atoms with van der Waals surface area (Å²) in [5.41, 5.74) is 5.46. The molecule has 0 fully saturated rings. The van der Waals surface area contributed by atoms with Gasteiger partial charge in [0.05, 0.1) is 16.7 Å². The molecule has 5 aromatic carbocycles. The van der Waals surface area contributed by atoms with Crippen molar-refractivity contribution in [1.82, 2.24) is 9.97 Å². The molecule has 37 heavy (non-hydrogen) atoms. The van der Waals surface area contributed by atoms with Crippen LogP contribution in [-0.2, 0) is 0 Å². The van der Waals surface area contributed by atoms with E-state index in [1.165, 1.54) is 23.0 Å². The van der Waals surface area contributed by atoms with Crippen molar-refractivity contribution >= 4 is 40.6 Å². The Bertz CT molecular complexity index is 1640. The highest BCUT2D eigenvalue weighted by Gasteiger charge is 2.25. The van der Waals surface area contributed by atoms with Gasteiger partial charge in [-0.15, -0.1) is 4.48 Å². The Morgan fingerprint density at radius 2 is 1.19 bits per heavy atom. The van der Waals surface area contributed by atoms with Gasteiger partial charge >= 0.3 is 0 Å². The van der Waals surface area contributed by atoms with E-state index in [-0.39, 0.29) is 0 Å². The van der Waals surface area contributed by atoms with E-state index in [1.54, 1.807) is 0 Å². The second kappa shape index (κ2) is 10.0. The molecule has 0 saturated carbocycles. The number of hydrogen-bond donors (Lipinski definition) is 1. The van der Waals surface area contributed by atoms with Crippen molar-refractivity contribution in [3.63, 3.8) is 0 Å². The van der Waals surface area contributed by atoms with Crippen molar-refractivity contribution in [2.24, 2.45) is 0 Å². The molecule has 0 aliphatic heterocycles. The molecule has 0 radical (unpaired) electrons. The molecule has 0 saturated heterocycles. The fourth-order valence-corrected chi connectivity index (χ4v) is 7.41. The summed E-state index contributed by atoms with van der Waals surface area (Å²) in [5.74, 6) is 0.849. The van der Waals surface area contributed by atoms with Crippen LogP contribution in [0.3, 0.4) is 0 Å². The number of imidazole rings is 1. The van der Waals surface area contributed by atoms with Gasteiger partial charge in [0.25, 0.3) is 0 Å². The second-order valence-electron chi connectivity index (χ2n) is 8.80. The topological polar surface area (TPSA) is 31.9 Å². The first-order valence-corrected chi connectivity index (χ1v) is 13.5. The average Bonchev–Trinajstić information content (AvgIpc) is 3.39. The van der Waals surface area contributed by atoms with Crippen LogP contribution in [0.1, 0.15) is 0 Å². The average molecular weight is 502 g/mol.